The average molecular weight is 385 g/mol. The van der Waals surface area contributed by atoms with E-state index in [0.717, 1.165) is 11.5 Å². The van der Waals surface area contributed by atoms with Crippen molar-refractivity contribution in [3.05, 3.63) is 59.7 Å². The predicted molar refractivity (Wildman–Crippen MR) is 113 cm³/mol. The zero-order chi connectivity index (χ0) is 20.4. The standard InChI is InChI=1S/C23H32N2O3/c1-5-27-21-9-6-7-10-22(21)28-16-8-11-23(26)24-17-20(25(3)4)19-14-12-18(2)13-15-19/h6-7,9-10,12-15,20H,5,8,11,16-17H2,1-4H3,(H,24,26). The van der Waals surface area contributed by atoms with Gasteiger partial charge in [-0.15, -0.1) is 0 Å². The molecular formula is C23H32N2O3. The van der Waals surface area contributed by atoms with Crippen molar-refractivity contribution >= 4 is 5.91 Å². The Bertz CT molecular complexity index is 729. The van der Waals surface area contributed by atoms with Crippen molar-refractivity contribution in [2.24, 2.45) is 0 Å². The van der Waals surface area contributed by atoms with Gasteiger partial charge in [0.25, 0.3) is 0 Å². The fourth-order valence-corrected chi connectivity index (χ4v) is 2.95. The van der Waals surface area contributed by atoms with Crippen LogP contribution in [0.25, 0.3) is 0 Å². The Labute approximate surface area is 168 Å². The molecule has 2 rings (SSSR count). The van der Waals surface area contributed by atoms with Gasteiger partial charge < -0.3 is 19.7 Å². The summed E-state index contributed by atoms with van der Waals surface area (Å²) in [5, 5.41) is 3.05. The molecule has 1 N–H and O–H groups in total. The highest BCUT2D eigenvalue weighted by Gasteiger charge is 2.15. The summed E-state index contributed by atoms with van der Waals surface area (Å²) >= 11 is 0. The van der Waals surface area contributed by atoms with E-state index >= 15 is 0 Å². The van der Waals surface area contributed by atoms with Crippen molar-refractivity contribution in [3.8, 4) is 11.5 Å². The first-order valence-corrected chi connectivity index (χ1v) is 9.85. The number of nitrogens with one attached hydrogen (secondary N) is 1. The minimum absolute atomic E-state index is 0.0423. The minimum atomic E-state index is 0.0423. The van der Waals surface area contributed by atoms with E-state index < -0.39 is 0 Å². The van der Waals surface area contributed by atoms with E-state index in [0.29, 0.717) is 32.6 Å². The maximum Gasteiger partial charge on any atom is 0.220 e. The van der Waals surface area contributed by atoms with Gasteiger partial charge >= 0.3 is 0 Å². The number of rotatable bonds is 11. The largest absolute Gasteiger partial charge is 0.490 e. The van der Waals surface area contributed by atoms with Gasteiger partial charge in [-0.25, -0.2) is 0 Å². The summed E-state index contributed by atoms with van der Waals surface area (Å²) in [5.41, 5.74) is 2.43. The summed E-state index contributed by atoms with van der Waals surface area (Å²) in [6.45, 7) is 5.68. The number of ether oxygens (including phenoxy) is 2. The highest BCUT2D eigenvalue weighted by molar-refractivity contribution is 5.75. The molecule has 0 bridgehead atoms. The summed E-state index contributed by atoms with van der Waals surface area (Å²) in [4.78, 5) is 14.4. The van der Waals surface area contributed by atoms with Crippen LogP contribution in [-0.4, -0.2) is 44.7 Å². The Hall–Kier alpha value is -2.53. The molecule has 0 aromatic heterocycles. The molecule has 2 aromatic carbocycles. The number of hydrogen-bond acceptors (Lipinski definition) is 4. The van der Waals surface area contributed by atoms with Crippen molar-refractivity contribution in [3.63, 3.8) is 0 Å². The van der Waals surface area contributed by atoms with Crippen LogP contribution in [0.4, 0.5) is 0 Å². The number of nitrogens with zero attached hydrogens (tertiary/aromatic N) is 1. The van der Waals surface area contributed by atoms with Gasteiger partial charge in [-0.1, -0.05) is 42.0 Å². The molecule has 28 heavy (non-hydrogen) atoms. The Kier molecular flexibility index (Phi) is 8.82. The molecule has 5 nitrogen and oxygen atoms in total. The first-order valence-electron chi connectivity index (χ1n) is 9.85. The summed E-state index contributed by atoms with van der Waals surface area (Å²) in [7, 11) is 4.06. The smallest absolute Gasteiger partial charge is 0.220 e. The first-order chi connectivity index (χ1) is 13.5. The van der Waals surface area contributed by atoms with E-state index in [1.165, 1.54) is 11.1 Å². The van der Waals surface area contributed by atoms with E-state index in [1.54, 1.807) is 0 Å². The molecule has 0 radical (unpaired) electrons. The molecule has 0 fully saturated rings. The normalized spacial score (nSPS) is 11.9. The Morgan fingerprint density at radius 2 is 1.68 bits per heavy atom. The SMILES string of the molecule is CCOc1ccccc1OCCCC(=O)NCC(c1ccc(C)cc1)N(C)C. The maximum atomic E-state index is 12.2. The molecule has 152 valence electrons. The minimum Gasteiger partial charge on any atom is -0.490 e. The molecule has 0 heterocycles. The lowest BCUT2D eigenvalue weighted by Crippen LogP contribution is -2.34. The van der Waals surface area contributed by atoms with Crippen molar-refractivity contribution in [1.29, 1.82) is 0 Å². The first kappa shape index (κ1) is 21.8. The van der Waals surface area contributed by atoms with Crippen LogP contribution in [0.1, 0.15) is 36.9 Å². The molecule has 2 aromatic rings. The molecule has 0 saturated carbocycles. The third-order valence-corrected chi connectivity index (χ3v) is 4.53. The van der Waals surface area contributed by atoms with Crippen molar-refractivity contribution in [1.82, 2.24) is 10.2 Å². The quantitative estimate of drug-likeness (QED) is 0.596. The van der Waals surface area contributed by atoms with E-state index in [-0.39, 0.29) is 11.9 Å². The lowest BCUT2D eigenvalue weighted by atomic mass is 10.0. The number of benzene rings is 2. The van der Waals surface area contributed by atoms with Crippen LogP contribution in [0.2, 0.25) is 0 Å². The molecule has 1 amide bonds. The molecule has 0 spiro atoms. The number of hydrogen-bond donors (Lipinski definition) is 1. The van der Waals surface area contributed by atoms with Crippen LogP contribution in [0.3, 0.4) is 0 Å². The Balaban J connectivity index is 1.75. The van der Waals surface area contributed by atoms with Gasteiger partial charge in [0.2, 0.25) is 5.91 Å². The van der Waals surface area contributed by atoms with E-state index in [2.05, 4.69) is 41.4 Å². The maximum absolute atomic E-state index is 12.2. The summed E-state index contributed by atoms with van der Waals surface area (Å²) in [5.74, 6) is 1.50. The third kappa shape index (κ3) is 6.89. The van der Waals surface area contributed by atoms with E-state index in [4.69, 9.17) is 9.47 Å². The molecule has 1 atom stereocenters. The van der Waals surface area contributed by atoms with Gasteiger partial charge in [0.1, 0.15) is 0 Å². The second-order valence-corrected chi connectivity index (χ2v) is 7.03. The number of carbonyl (C=O) groups excluding carboxylic acids is 1. The molecule has 0 aliphatic carbocycles. The summed E-state index contributed by atoms with van der Waals surface area (Å²) in [6.07, 6.45) is 1.09. The summed E-state index contributed by atoms with van der Waals surface area (Å²) in [6, 6.07) is 16.2. The zero-order valence-corrected chi connectivity index (χ0v) is 17.4. The van der Waals surface area contributed by atoms with Crippen LogP contribution in [0.5, 0.6) is 11.5 Å². The highest BCUT2D eigenvalue weighted by atomic mass is 16.5. The lowest BCUT2D eigenvalue weighted by molar-refractivity contribution is -0.121. The predicted octanol–water partition coefficient (Wildman–Crippen LogP) is 3.97. The molecule has 0 saturated heterocycles. The van der Waals surface area contributed by atoms with Gasteiger partial charge in [0.05, 0.1) is 19.3 Å². The van der Waals surface area contributed by atoms with Crippen molar-refractivity contribution in [2.45, 2.75) is 32.7 Å². The van der Waals surface area contributed by atoms with Gasteiger partial charge in [0.15, 0.2) is 11.5 Å². The number of carbonyl (C=O) groups is 1. The van der Waals surface area contributed by atoms with Crippen LogP contribution in [0, 0.1) is 6.92 Å². The molecule has 5 heteroatoms. The van der Waals surface area contributed by atoms with Crippen LogP contribution < -0.4 is 14.8 Å². The van der Waals surface area contributed by atoms with Gasteiger partial charge in [-0.2, -0.15) is 0 Å². The molecule has 0 aliphatic rings. The Morgan fingerprint density at radius 3 is 2.29 bits per heavy atom. The lowest BCUT2D eigenvalue weighted by Gasteiger charge is -2.25. The fourth-order valence-electron chi connectivity index (χ4n) is 2.95. The van der Waals surface area contributed by atoms with Gasteiger partial charge in [-0.3, -0.25) is 4.79 Å². The molecular weight excluding hydrogens is 352 g/mol. The molecule has 0 aliphatic heterocycles. The second-order valence-electron chi connectivity index (χ2n) is 7.03. The second kappa shape index (κ2) is 11.3. The number of amides is 1. The van der Waals surface area contributed by atoms with Crippen molar-refractivity contribution in [2.75, 3.05) is 33.9 Å². The average Bonchev–Trinajstić information content (AvgIpc) is 2.68. The molecule has 1 unspecified atom stereocenters. The van der Waals surface area contributed by atoms with Crippen molar-refractivity contribution < 1.29 is 14.3 Å². The van der Waals surface area contributed by atoms with Crippen LogP contribution in [0.15, 0.2) is 48.5 Å². The number of likely N-dealkylation sites (N-methyl/N-ethyl adjacent to an activating group) is 1. The monoisotopic (exact) mass is 384 g/mol. The number of para-hydroxylation sites is 2. The summed E-state index contributed by atoms with van der Waals surface area (Å²) < 4.78 is 11.3. The zero-order valence-electron chi connectivity index (χ0n) is 17.4. The topological polar surface area (TPSA) is 50.8 Å². The van der Waals surface area contributed by atoms with Crippen LogP contribution >= 0.6 is 0 Å². The fraction of sp³-hybridized carbons (Fsp3) is 0.435. The number of aryl methyl sites for hydroxylation is 1. The van der Waals surface area contributed by atoms with Gasteiger partial charge in [0, 0.05) is 13.0 Å². The Morgan fingerprint density at radius 1 is 1.04 bits per heavy atom. The van der Waals surface area contributed by atoms with E-state index in [1.807, 2.05) is 45.3 Å². The third-order valence-electron chi connectivity index (χ3n) is 4.53. The highest BCUT2D eigenvalue weighted by Crippen LogP contribution is 2.26. The van der Waals surface area contributed by atoms with E-state index in [9.17, 15) is 4.79 Å². The van der Waals surface area contributed by atoms with Crippen LogP contribution in [-0.2, 0) is 4.79 Å². The van der Waals surface area contributed by atoms with Gasteiger partial charge in [-0.05, 0) is 52.1 Å².